The fourth-order valence-electron chi connectivity index (χ4n) is 1.25. The van der Waals surface area contributed by atoms with Gasteiger partial charge in [0.1, 0.15) is 5.71 Å². The van der Waals surface area contributed by atoms with Crippen LogP contribution in [0.2, 0.25) is 0 Å². The summed E-state index contributed by atoms with van der Waals surface area (Å²) in [4.78, 5) is 11.9. The molecule has 0 spiro atoms. The number of carbonyl (C=O) groups is 1. The first-order chi connectivity index (χ1) is 8.15. The average Bonchev–Trinajstić information content (AvgIpc) is 2.34. The van der Waals surface area contributed by atoms with Crippen molar-refractivity contribution < 1.29 is 21.9 Å². The van der Waals surface area contributed by atoms with E-state index in [1.807, 2.05) is 12.1 Å². The molecule has 0 aromatic heterocycles. The molecule has 1 aromatic carbocycles. The van der Waals surface area contributed by atoms with Gasteiger partial charge in [0.25, 0.3) is 5.91 Å². The highest BCUT2D eigenvalue weighted by Gasteiger charge is 2.06. The van der Waals surface area contributed by atoms with Crippen LogP contribution < -0.4 is 5.73 Å². The molecule has 0 heterocycles. The number of benzene rings is 1. The van der Waals surface area contributed by atoms with E-state index in [9.17, 15) is 4.79 Å². The molecule has 1 rings (SSSR count). The maximum Gasteiger partial charge on any atom is 0.267 e. The molecule has 7 heteroatoms. The van der Waals surface area contributed by atoms with Gasteiger partial charge in [0.2, 0.25) is 0 Å². The zero-order valence-corrected chi connectivity index (χ0v) is 11.5. The third-order valence-electron chi connectivity index (χ3n) is 2.15. The van der Waals surface area contributed by atoms with E-state index in [2.05, 4.69) is 0 Å². The highest BCUT2D eigenvalue weighted by Crippen LogP contribution is 2.19. The Kier molecular flexibility index (Phi) is 11.0. The predicted octanol–water partition coefficient (Wildman–Crippen LogP) is 0.265. The van der Waals surface area contributed by atoms with E-state index < -0.39 is 5.91 Å². The van der Waals surface area contributed by atoms with E-state index in [-0.39, 0.29) is 18.1 Å². The Balaban J connectivity index is -0.000000963. The Hall–Kier alpha value is -1.41. The van der Waals surface area contributed by atoms with Gasteiger partial charge in [-0.25, -0.2) is 0 Å². The van der Waals surface area contributed by atoms with E-state index in [0.29, 0.717) is 5.56 Å². The maximum atomic E-state index is 10.8. The molecule has 0 saturated carbocycles. The standard InChI is InChI=1S/C12H16N2O2S.2H2O.H2/c1-16-7-2-8-17-10-5-3-9(4-6-10)11(13)12(14)15;;;/h3-6,13H,2,7-8H2,1H3,(H2,14,15);2*1H2;1H. The number of amides is 1. The SMILES string of the molecule is COCCCSc1ccc(C(=N)C(N)=O)cc1.O.O.[HH]. The zero-order valence-electron chi connectivity index (χ0n) is 10.7. The van der Waals surface area contributed by atoms with Crippen LogP contribution in [0.5, 0.6) is 0 Å². The molecule has 1 amide bonds. The summed E-state index contributed by atoms with van der Waals surface area (Å²) in [6.07, 6.45) is 1.00. The summed E-state index contributed by atoms with van der Waals surface area (Å²) in [6, 6.07) is 7.27. The largest absolute Gasteiger partial charge is 0.412 e. The highest BCUT2D eigenvalue weighted by molar-refractivity contribution is 7.99. The molecule has 110 valence electrons. The second kappa shape index (κ2) is 10.5. The van der Waals surface area contributed by atoms with Crippen LogP contribution in [0.15, 0.2) is 29.2 Å². The van der Waals surface area contributed by atoms with Crippen molar-refractivity contribution in [3.05, 3.63) is 29.8 Å². The molecule has 0 bridgehead atoms. The Morgan fingerprint density at radius 1 is 1.37 bits per heavy atom. The van der Waals surface area contributed by atoms with Crippen LogP contribution in [0.3, 0.4) is 0 Å². The van der Waals surface area contributed by atoms with Gasteiger partial charge in [-0.1, -0.05) is 12.1 Å². The molecule has 6 nitrogen and oxygen atoms in total. The molecule has 0 unspecified atom stereocenters. The van der Waals surface area contributed by atoms with Crippen molar-refractivity contribution in [1.82, 2.24) is 0 Å². The van der Waals surface area contributed by atoms with Gasteiger partial charge >= 0.3 is 0 Å². The first-order valence-corrected chi connectivity index (χ1v) is 6.24. The first-order valence-electron chi connectivity index (χ1n) is 5.25. The van der Waals surface area contributed by atoms with Crippen molar-refractivity contribution in [3.8, 4) is 0 Å². The first kappa shape index (κ1) is 19.9. The van der Waals surface area contributed by atoms with E-state index in [1.165, 1.54) is 0 Å². The van der Waals surface area contributed by atoms with Gasteiger partial charge in [-0.05, 0) is 18.6 Å². The number of carbonyl (C=O) groups excluding carboxylic acids is 1. The Morgan fingerprint density at radius 3 is 2.42 bits per heavy atom. The van der Waals surface area contributed by atoms with Crippen LogP contribution in [-0.2, 0) is 9.53 Å². The molecule has 0 saturated heterocycles. The number of nitrogens with two attached hydrogens (primary N) is 1. The smallest absolute Gasteiger partial charge is 0.267 e. The lowest BCUT2D eigenvalue weighted by Gasteiger charge is -2.03. The van der Waals surface area contributed by atoms with Gasteiger partial charge in [0.15, 0.2) is 0 Å². The van der Waals surface area contributed by atoms with Crippen LogP contribution in [0, 0.1) is 5.41 Å². The second-order valence-corrected chi connectivity index (χ2v) is 4.63. The van der Waals surface area contributed by atoms with E-state index in [4.69, 9.17) is 15.9 Å². The minimum Gasteiger partial charge on any atom is -0.412 e. The maximum absolute atomic E-state index is 10.8. The average molecular weight is 290 g/mol. The van der Waals surface area contributed by atoms with Crippen LogP contribution in [0.4, 0.5) is 0 Å². The molecule has 1 aromatic rings. The van der Waals surface area contributed by atoms with Crippen LogP contribution >= 0.6 is 11.8 Å². The van der Waals surface area contributed by atoms with Crippen molar-refractivity contribution in [3.63, 3.8) is 0 Å². The number of hydrogen-bond acceptors (Lipinski definition) is 4. The van der Waals surface area contributed by atoms with Crippen LogP contribution in [-0.4, -0.2) is 42.0 Å². The van der Waals surface area contributed by atoms with E-state index in [1.54, 1.807) is 31.0 Å². The van der Waals surface area contributed by atoms with Crippen molar-refractivity contribution in [2.45, 2.75) is 11.3 Å². The number of nitrogens with one attached hydrogen (secondary N) is 1. The van der Waals surface area contributed by atoms with Crippen molar-refractivity contribution >= 4 is 23.4 Å². The second-order valence-electron chi connectivity index (χ2n) is 3.46. The molecule has 0 aliphatic rings. The van der Waals surface area contributed by atoms with Gasteiger partial charge in [0.05, 0.1) is 0 Å². The molecule has 0 atom stereocenters. The Morgan fingerprint density at radius 2 is 1.95 bits per heavy atom. The molecule has 19 heavy (non-hydrogen) atoms. The van der Waals surface area contributed by atoms with Gasteiger partial charge < -0.3 is 21.4 Å². The van der Waals surface area contributed by atoms with Crippen LogP contribution in [0.25, 0.3) is 0 Å². The van der Waals surface area contributed by atoms with Gasteiger partial charge in [-0.2, -0.15) is 0 Å². The van der Waals surface area contributed by atoms with Crippen molar-refractivity contribution in [2.24, 2.45) is 5.73 Å². The molecule has 0 aliphatic heterocycles. The normalized spacial score (nSPS) is 9.11. The molecular formula is C12H22N2O4S. The number of methoxy groups -OCH3 is 1. The lowest BCUT2D eigenvalue weighted by atomic mass is 10.1. The van der Waals surface area contributed by atoms with Crippen LogP contribution in [0.1, 0.15) is 13.4 Å². The monoisotopic (exact) mass is 290 g/mol. The van der Waals surface area contributed by atoms with E-state index in [0.717, 1.165) is 23.7 Å². The third kappa shape index (κ3) is 6.92. The molecule has 0 fully saturated rings. The predicted molar refractivity (Wildman–Crippen MR) is 79.0 cm³/mol. The Bertz CT molecular complexity index is 401. The van der Waals surface area contributed by atoms with Gasteiger partial charge in [-0.3, -0.25) is 10.2 Å². The summed E-state index contributed by atoms with van der Waals surface area (Å²) < 4.78 is 4.96. The molecule has 7 N–H and O–H groups in total. The lowest BCUT2D eigenvalue weighted by molar-refractivity contribution is -0.112. The minimum atomic E-state index is -0.703. The number of ether oxygens (including phenoxy) is 1. The fraction of sp³-hybridized carbons (Fsp3) is 0.333. The van der Waals surface area contributed by atoms with Gasteiger partial charge in [0, 0.05) is 31.4 Å². The fourth-order valence-corrected chi connectivity index (χ4v) is 2.08. The van der Waals surface area contributed by atoms with Gasteiger partial charge in [-0.15, -0.1) is 11.8 Å². The highest BCUT2D eigenvalue weighted by atomic mass is 32.2. The van der Waals surface area contributed by atoms with Crippen molar-refractivity contribution in [1.29, 1.82) is 5.41 Å². The van der Waals surface area contributed by atoms with E-state index >= 15 is 0 Å². The lowest BCUT2D eigenvalue weighted by Crippen LogP contribution is -2.22. The number of primary amides is 1. The summed E-state index contributed by atoms with van der Waals surface area (Å²) in [5.41, 5.74) is 5.44. The summed E-state index contributed by atoms with van der Waals surface area (Å²) in [6.45, 7) is 0.761. The number of hydrogen-bond donors (Lipinski definition) is 2. The quantitative estimate of drug-likeness (QED) is 0.423. The summed E-state index contributed by atoms with van der Waals surface area (Å²) in [5.74, 6) is 0.283. The minimum absolute atomic E-state index is 0. The molecular weight excluding hydrogens is 268 g/mol. The summed E-state index contributed by atoms with van der Waals surface area (Å²) >= 11 is 1.72. The number of thioether (sulfide) groups is 1. The zero-order chi connectivity index (χ0) is 12.7. The molecule has 0 aliphatic carbocycles. The topological polar surface area (TPSA) is 139 Å². The Labute approximate surface area is 117 Å². The van der Waals surface area contributed by atoms with Crippen molar-refractivity contribution in [2.75, 3.05) is 19.5 Å². The summed E-state index contributed by atoms with van der Waals surface area (Å²) in [5, 5.41) is 7.45. The molecule has 0 radical (unpaired) electrons. The summed E-state index contributed by atoms with van der Waals surface area (Å²) in [7, 11) is 1.69. The third-order valence-corrected chi connectivity index (χ3v) is 3.25. The number of rotatable bonds is 7.